The Morgan fingerprint density at radius 2 is 1.65 bits per heavy atom. The second-order valence-corrected chi connectivity index (χ2v) is 5.43. The van der Waals surface area contributed by atoms with Crippen molar-refractivity contribution in [1.29, 1.82) is 0 Å². The van der Waals surface area contributed by atoms with Crippen molar-refractivity contribution in [3.63, 3.8) is 0 Å². The van der Waals surface area contributed by atoms with E-state index in [1.165, 1.54) is 6.92 Å². The first-order valence-electron chi connectivity index (χ1n) is 7.78. The summed E-state index contributed by atoms with van der Waals surface area (Å²) in [5.41, 5.74) is 14.6. The van der Waals surface area contributed by atoms with Gasteiger partial charge in [-0.15, -0.1) is 0 Å². The first-order valence-corrected chi connectivity index (χ1v) is 7.78. The van der Waals surface area contributed by atoms with Gasteiger partial charge in [-0.05, 0) is 26.3 Å². The summed E-state index contributed by atoms with van der Waals surface area (Å²) in [6.07, 6.45) is -0.917. The minimum atomic E-state index is -1.57. The molecular formula is C13H26N6O7. The van der Waals surface area contributed by atoms with Crippen molar-refractivity contribution in [2.24, 2.45) is 11.5 Å². The number of urea groups is 1. The second kappa shape index (κ2) is 12.0. The number of carboxylic acids is 1. The number of aliphatic hydroxyl groups is 2. The van der Waals surface area contributed by atoms with E-state index in [0.717, 1.165) is 0 Å². The zero-order valence-corrected chi connectivity index (χ0v) is 14.3. The van der Waals surface area contributed by atoms with Crippen LogP contribution in [0.15, 0.2) is 0 Å². The van der Waals surface area contributed by atoms with Crippen LogP contribution in [0.1, 0.15) is 19.8 Å². The highest BCUT2D eigenvalue weighted by Crippen LogP contribution is 1.98. The van der Waals surface area contributed by atoms with Gasteiger partial charge < -0.3 is 37.4 Å². The molecule has 0 rings (SSSR count). The molecule has 0 aliphatic rings. The summed E-state index contributed by atoms with van der Waals surface area (Å²) >= 11 is 0. The molecule has 13 heteroatoms. The van der Waals surface area contributed by atoms with Gasteiger partial charge in [0.25, 0.3) is 11.8 Å². The normalized spacial score (nSPS) is 15.1. The molecule has 0 heterocycles. The van der Waals surface area contributed by atoms with Crippen molar-refractivity contribution in [3.8, 4) is 0 Å². The van der Waals surface area contributed by atoms with Gasteiger partial charge in [-0.1, -0.05) is 0 Å². The third kappa shape index (κ3) is 8.57. The van der Waals surface area contributed by atoms with Crippen LogP contribution in [0.4, 0.5) is 4.79 Å². The predicted molar refractivity (Wildman–Crippen MR) is 88.2 cm³/mol. The first kappa shape index (κ1) is 23.5. The molecule has 150 valence electrons. The molecule has 0 aliphatic heterocycles. The second-order valence-electron chi connectivity index (χ2n) is 5.43. The average Bonchev–Trinajstić information content (AvgIpc) is 2.59. The van der Waals surface area contributed by atoms with Crippen molar-refractivity contribution in [3.05, 3.63) is 0 Å². The Balaban J connectivity index is 4.81. The first-order chi connectivity index (χ1) is 12.1. The van der Waals surface area contributed by atoms with Crippen LogP contribution in [-0.2, 0) is 14.4 Å². The van der Waals surface area contributed by atoms with Crippen molar-refractivity contribution in [2.75, 3.05) is 13.2 Å². The zero-order valence-electron chi connectivity index (χ0n) is 14.3. The molecular weight excluding hydrogens is 352 g/mol. The van der Waals surface area contributed by atoms with Crippen molar-refractivity contribution in [2.45, 2.75) is 44.0 Å². The Bertz CT molecular complexity index is 501. The molecule has 0 saturated heterocycles. The standard InChI is InChI=1S/C13H26N6O7/c1-6(21)9(12(24)25)17-13(26)16-8(3-2-4-14)11(23)19-18-10(22)7(15)5-20/h6-9,20-21H,2-5,14-15H2,1H3,(H,18,22)(H,19,23)(H,24,25)(H2,16,17,26). The van der Waals surface area contributed by atoms with Crippen LogP contribution in [0.25, 0.3) is 0 Å². The molecule has 11 N–H and O–H groups in total. The van der Waals surface area contributed by atoms with Gasteiger partial charge in [0.1, 0.15) is 12.1 Å². The molecule has 0 aromatic heterocycles. The topological polar surface area (TPSA) is 229 Å². The molecule has 26 heavy (non-hydrogen) atoms. The Labute approximate surface area is 149 Å². The number of carboxylic acid groups (broad SMARTS) is 1. The number of carbonyl (C=O) groups is 4. The van der Waals surface area contributed by atoms with Gasteiger partial charge in [0.2, 0.25) is 0 Å². The van der Waals surface area contributed by atoms with Crippen LogP contribution in [0, 0.1) is 0 Å². The van der Waals surface area contributed by atoms with E-state index in [2.05, 4.69) is 5.32 Å². The van der Waals surface area contributed by atoms with Gasteiger partial charge in [0.15, 0.2) is 6.04 Å². The molecule has 0 aliphatic carbocycles. The van der Waals surface area contributed by atoms with Crippen molar-refractivity contribution in [1.82, 2.24) is 21.5 Å². The molecule has 4 unspecified atom stereocenters. The van der Waals surface area contributed by atoms with Gasteiger partial charge in [-0.2, -0.15) is 0 Å². The lowest BCUT2D eigenvalue weighted by molar-refractivity contribution is -0.141. The summed E-state index contributed by atoms with van der Waals surface area (Å²) in [6.45, 7) is 0.771. The number of hydrazine groups is 1. The van der Waals surface area contributed by atoms with E-state index in [-0.39, 0.29) is 13.0 Å². The van der Waals surface area contributed by atoms with Crippen LogP contribution in [0.3, 0.4) is 0 Å². The maximum atomic E-state index is 12.1. The summed E-state index contributed by atoms with van der Waals surface area (Å²) in [6, 6.07) is -4.96. The lowest BCUT2D eigenvalue weighted by Crippen LogP contribution is -2.58. The molecule has 0 aromatic carbocycles. The summed E-state index contributed by atoms with van der Waals surface area (Å²) in [4.78, 5) is 46.3. The van der Waals surface area contributed by atoms with Crippen molar-refractivity contribution < 1.29 is 34.5 Å². The number of nitrogens with one attached hydrogen (secondary N) is 4. The SMILES string of the molecule is CC(O)C(NC(=O)NC(CCCN)C(=O)NNC(=O)C(N)CO)C(=O)O. The molecule has 0 radical (unpaired) electrons. The lowest BCUT2D eigenvalue weighted by Gasteiger charge is -2.22. The Morgan fingerprint density at radius 3 is 2.12 bits per heavy atom. The average molecular weight is 378 g/mol. The number of hydrogen-bond acceptors (Lipinski definition) is 8. The van der Waals surface area contributed by atoms with Gasteiger partial charge in [-0.3, -0.25) is 20.4 Å². The third-order valence-corrected chi connectivity index (χ3v) is 3.20. The van der Waals surface area contributed by atoms with E-state index in [0.29, 0.717) is 6.42 Å². The van der Waals surface area contributed by atoms with Crippen LogP contribution >= 0.6 is 0 Å². The maximum Gasteiger partial charge on any atom is 0.328 e. The quantitative estimate of drug-likeness (QED) is 0.167. The fourth-order valence-corrected chi connectivity index (χ4v) is 1.71. The highest BCUT2D eigenvalue weighted by Gasteiger charge is 2.27. The summed E-state index contributed by atoms with van der Waals surface area (Å²) in [7, 11) is 0. The minimum absolute atomic E-state index is 0.101. The van der Waals surface area contributed by atoms with E-state index in [1.807, 2.05) is 16.2 Å². The summed E-state index contributed by atoms with van der Waals surface area (Å²) in [5.74, 6) is -3.11. The molecule has 0 aromatic rings. The van der Waals surface area contributed by atoms with Crippen molar-refractivity contribution >= 4 is 23.8 Å². The van der Waals surface area contributed by atoms with E-state index in [4.69, 9.17) is 21.7 Å². The molecule has 0 spiro atoms. The number of carbonyl (C=O) groups excluding carboxylic acids is 3. The molecule has 0 saturated carbocycles. The smallest absolute Gasteiger partial charge is 0.328 e. The monoisotopic (exact) mass is 378 g/mol. The number of amides is 4. The molecule has 4 amide bonds. The maximum absolute atomic E-state index is 12.1. The Morgan fingerprint density at radius 1 is 1.08 bits per heavy atom. The number of hydrogen-bond donors (Lipinski definition) is 9. The van der Waals surface area contributed by atoms with Crippen LogP contribution in [-0.4, -0.2) is 76.5 Å². The summed E-state index contributed by atoms with van der Waals surface area (Å²) in [5, 5.41) is 31.3. The highest BCUT2D eigenvalue weighted by atomic mass is 16.4. The minimum Gasteiger partial charge on any atom is -0.480 e. The van der Waals surface area contributed by atoms with Gasteiger partial charge >= 0.3 is 12.0 Å². The van der Waals surface area contributed by atoms with Crippen LogP contribution in [0.2, 0.25) is 0 Å². The number of aliphatic carboxylic acids is 1. The number of nitrogens with two attached hydrogens (primary N) is 2. The highest BCUT2D eigenvalue weighted by molar-refractivity contribution is 5.90. The van der Waals surface area contributed by atoms with E-state index in [1.54, 1.807) is 0 Å². The fraction of sp³-hybridized carbons (Fsp3) is 0.692. The predicted octanol–water partition coefficient (Wildman–Crippen LogP) is -4.31. The van der Waals surface area contributed by atoms with Gasteiger partial charge in [0, 0.05) is 0 Å². The van der Waals surface area contributed by atoms with Crippen LogP contribution < -0.4 is 33.0 Å². The van der Waals surface area contributed by atoms with E-state index >= 15 is 0 Å². The molecule has 4 atom stereocenters. The van der Waals surface area contributed by atoms with Gasteiger partial charge in [-0.25, -0.2) is 9.59 Å². The largest absolute Gasteiger partial charge is 0.480 e. The Hall–Kier alpha value is -2.48. The van der Waals surface area contributed by atoms with E-state index < -0.39 is 54.7 Å². The fourth-order valence-electron chi connectivity index (χ4n) is 1.71. The third-order valence-electron chi connectivity index (χ3n) is 3.20. The molecule has 0 bridgehead atoms. The van der Waals surface area contributed by atoms with E-state index in [9.17, 15) is 24.3 Å². The summed E-state index contributed by atoms with van der Waals surface area (Å²) < 4.78 is 0. The lowest BCUT2D eigenvalue weighted by atomic mass is 10.1. The molecule has 13 nitrogen and oxygen atoms in total. The Kier molecular flexibility index (Phi) is 10.8. The number of rotatable bonds is 10. The van der Waals surface area contributed by atoms with Crippen LogP contribution in [0.5, 0.6) is 0 Å². The zero-order chi connectivity index (χ0) is 20.3. The van der Waals surface area contributed by atoms with Gasteiger partial charge in [0.05, 0.1) is 12.7 Å². The molecule has 0 fully saturated rings. The number of aliphatic hydroxyl groups excluding tert-OH is 2.